The first-order valence-electron chi connectivity index (χ1n) is 8.36. The van der Waals surface area contributed by atoms with Crippen LogP contribution in [0.5, 0.6) is 0 Å². The molecule has 2 bridgehead atoms. The number of rotatable bonds is 6. The Hall–Kier alpha value is -1.67. The minimum absolute atomic E-state index is 0.0720. The number of hydrogen-bond acceptors (Lipinski definition) is 5. The highest BCUT2D eigenvalue weighted by molar-refractivity contribution is 5.79. The summed E-state index contributed by atoms with van der Waals surface area (Å²) in [6.07, 6.45) is -0.992. The van der Waals surface area contributed by atoms with E-state index >= 15 is 0 Å². The van der Waals surface area contributed by atoms with E-state index in [-0.39, 0.29) is 30.5 Å². The maximum Gasteiger partial charge on any atom is 0.369 e. The van der Waals surface area contributed by atoms with Crippen molar-refractivity contribution in [3.05, 3.63) is 11.6 Å². The number of amides is 2. The number of aliphatic hydroxyl groups excluding tert-OH is 1. The van der Waals surface area contributed by atoms with Gasteiger partial charge < -0.3 is 24.8 Å². The number of carbonyl (C=O) groups is 2. The number of alkyl halides is 1. The van der Waals surface area contributed by atoms with Gasteiger partial charge in [-0.25, -0.2) is 14.0 Å². The molecule has 1 saturated heterocycles. The minimum atomic E-state index is -2.25. The first-order chi connectivity index (χ1) is 11.6. The highest BCUT2D eigenvalue weighted by Crippen LogP contribution is 2.28. The Labute approximate surface area is 148 Å². The molecule has 2 unspecified atom stereocenters. The molecule has 2 aliphatic heterocycles. The Bertz CT molecular complexity index is 515. The Morgan fingerprint density at radius 3 is 2.40 bits per heavy atom. The first-order valence-corrected chi connectivity index (χ1v) is 8.36. The van der Waals surface area contributed by atoms with Gasteiger partial charge >= 0.3 is 12.0 Å². The van der Waals surface area contributed by atoms with Gasteiger partial charge in [0.25, 0.3) is 6.36 Å². The molecule has 0 aromatic rings. The zero-order chi connectivity index (χ0) is 19.4. The quantitative estimate of drug-likeness (QED) is 0.557. The topological polar surface area (TPSA) is 88.1 Å². The summed E-state index contributed by atoms with van der Waals surface area (Å²) in [5.74, 6) is -0.915. The molecule has 0 aromatic heterocycles. The molecule has 2 heterocycles. The van der Waals surface area contributed by atoms with Crippen molar-refractivity contribution in [1.82, 2.24) is 10.2 Å². The third-order valence-corrected chi connectivity index (χ3v) is 4.02. The van der Waals surface area contributed by atoms with Gasteiger partial charge in [0, 0.05) is 13.7 Å². The number of halogens is 1. The van der Waals surface area contributed by atoms with Gasteiger partial charge in [0.15, 0.2) is 5.72 Å². The van der Waals surface area contributed by atoms with Crippen LogP contribution in [0.15, 0.2) is 11.6 Å². The van der Waals surface area contributed by atoms with Crippen LogP contribution in [-0.2, 0) is 14.3 Å². The summed E-state index contributed by atoms with van der Waals surface area (Å²) < 4.78 is 24.8. The molecule has 2 rings (SSSR count). The molecule has 144 valence electrons. The fourth-order valence-corrected chi connectivity index (χ4v) is 3.17. The van der Waals surface area contributed by atoms with Crippen molar-refractivity contribution in [3.8, 4) is 0 Å². The van der Waals surface area contributed by atoms with Gasteiger partial charge in [-0.15, -0.1) is 0 Å². The van der Waals surface area contributed by atoms with E-state index in [2.05, 4.69) is 5.32 Å². The molecule has 25 heavy (non-hydrogen) atoms. The maximum absolute atomic E-state index is 14.3. The van der Waals surface area contributed by atoms with Crippen molar-refractivity contribution < 1.29 is 28.6 Å². The lowest BCUT2D eigenvalue weighted by atomic mass is 9.96. The normalized spacial score (nSPS) is 23.2. The highest BCUT2D eigenvalue weighted by Gasteiger charge is 2.48. The van der Waals surface area contributed by atoms with Gasteiger partial charge in [-0.05, 0) is 24.8 Å². The van der Waals surface area contributed by atoms with Gasteiger partial charge in [-0.3, -0.25) is 0 Å². The molecule has 0 radical (unpaired) electrons. The summed E-state index contributed by atoms with van der Waals surface area (Å²) in [4.78, 5) is 25.3. The van der Waals surface area contributed by atoms with Crippen LogP contribution >= 0.6 is 0 Å². The van der Waals surface area contributed by atoms with Crippen LogP contribution in [0.1, 0.15) is 34.6 Å². The maximum atomic E-state index is 14.3. The molecule has 2 amide bonds. The first kappa shape index (κ1) is 21.4. The van der Waals surface area contributed by atoms with Crippen molar-refractivity contribution in [2.75, 3.05) is 20.2 Å². The summed E-state index contributed by atoms with van der Waals surface area (Å²) in [7, 11) is 1.00. The Morgan fingerprint density at radius 1 is 1.32 bits per heavy atom. The van der Waals surface area contributed by atoms with E-state index in [0.717, 1.165) is 12.7 Å². The second-order valence-electron chi connectivity index (χ2n) is 6.99. The molecule has 0 saturated carbocycles. The number of carbonyl (C=O) groups excluding carboxylic acids is 2. The van der Waals surface area contributed by atoms with Crippen LogP contribution in [-0.4, -0.2) is 60.4 Å². The van der Waals surface area contributed by atoms with Crippen LogP contribution in [0.3, 0.4) is 0 Å². The Morgan fingerprint density at radius 2 is 1.88 bits per heavy atom. The summed E-state index contributed by atoms with van der Waals surface area (Å²) in [5, 5.41) is 9.58. The minimum Gasteiger partial charge on any atom is -0.458 e. The molecule has 0 spiro atoms. The van der Waals surface area contributed by atoms with Gasteiger partial charge in [-0.1, -0.05) is 33.3 Å². The van der Waals surface area contributed by atoms with Gasteiger partial charge in [0.05, 0.1) is 6.54 Å². The number of hydrogen-bond donors (Lipinski definition) is 2. The molecule has 2 atom stereocenters. The van der Waals surface area contributed by atoms with E-state index in [4.69, 9.17) is 14.6 Å². The third-order valence-electron chi connectivity index (χ3n) is 4.02. The average molecular weight is 360 g/mol. The predicted octanol–water partition coefficient (Wildman–Crippen LogP) is 1.81. The zero-order valence-corrected chi connectivity index (χ0v) is 15.7. The van der Waals surface area contributed by atoms with E-state index < -0.39 is 18.1 Å². The van der Waals surface area contributed by atoms with Crippen LogP contribution in [0.25, 0.3) is 0 Å². The van der Waals surface area contributed by atoms with Crippen molar-refractivity contribution in [1.29, 1.82) is 0 Å². The smallest absolute Gasteiger partial charge is 0.369 e. The molecule has 1 fully saturated rings. The zero-order valence-electron chi connectivity index (χ0n) is 15.7. The molecule has 7 nitrogen and oxygen atoms in total. The number of esters is 1. The number of nitrogens with one attached hydrogen (secondary N) is 1. The van der Waals surface area contributed by atoms with Crippen molar-refractivity contribution >= 4 is 12.0 Å². The van der Waals surface area contributed by atoms with Gasteiger partial charge in [-0.2, -0.15) is 0 Å². The van der Waals surface area contributed by atoms with E-state index in [9.17, 15) is 14.0 Å². The molecule has 8 heteroatoms. The molecular formula is C17H29FN2O5. The molecule has 2 N–H and O–H groups in total. The lowest BCUT2D eigenvalue weighted by Gasteiger charge is -2.31. The van der Waals surface area contributed by atoms with Crippen molar-refractivity contribution in [3.63, 3.8) is 0 Å². The van der Waals surface area contributed by atoms with E-state index in [1.165, 1.54) is 4.90 Å². The summed E-state index contributed by atoms with van der Waals surface area (Å²) >= 11 is 0. The molecule has 0 aromatic carbocycles. The third kappa shape index (κ3) is 5.15. The second kappa shape index (κ2) is 8.62. The fraction of sp³-hybridized carbons (Fsp3) is 0.765. The largest absolute Gasteiger partial charge is 0.458 e. The average Bonchev–Trinajstić information content (AvgIpc) is 2.74. The van der Waals surface area contributed by atoms with E-state index in [0.29, 0.717) is 6.54 Å². The molecular weight excluding hydrogens is 331 g/mol. The number of fused-ring (bicyclic) bond motifs is 2. The van der Waals surface area contributed by atoms with Gasteiger partial charge in [0.1, 0.15) is 6.10 Å². The van der Waals surface area contributed by atoms with Crippen LogP contribution in [0.2, 0.25) is 0 Å². The molecule has 0 aliphatic carbocycles. The lowest BCUT2D eigenvalue weighted by molar-refractivity contribution is -0.195. The standard InChI is InChI=1S/C16H25FN2O4.CH4O/c1-9(2)12(10(3)4)22-14(20)13(17)23-16-6-11(5)7-19(8-16)15(21)18-16;1-2/h6,9-10,12-13H,7-8H2,1-5H3,(H,18,21);2H,1H3. The van der Waals surface area contributed by atoms with Crippen molar-refractivity contribution in [2.24, 2.45) is 11.8 Å². The van der Waals surface area contributed by atoms with Crippen molar-refractivity contribution in [2.45, 2.75) is 52.8 Å². The summed E-state index contributed by atoms with van der Waals surface area (Å²) in [6.45, 7) is 10.1. The Balaban J connectivity index is 0.00000151. The van der Waals surface area contributed by atoms with Crippen LogP contribution in [0.4, 0.5) is 9.18 Å². The fourth-order valence-electron chi connectivity index (χ4n) is 3.17. The van der Waals surface area contributed by atoms with E-state index in [1.807, 2.05) is 34.6 Å². The number of ether oxygens (including phenoxy) is 2. The number of urea groups is 1. The lowest BCUT2D eigenvalue weighted by Crippen LogP contribution is -2.49. The Kier molecular flexibility index (Phi) is 7.37. The number of nitrogens with zero attached hydrogens (tertiary/aromatic N) is 1. The predicted molar refractivity (Wildman–Crippen MR) is 90.3 cm³/mol. The monoisotopic (exact) mass is 360 g/mol. The summed E-state index contributed by atoms with van der Waals surface area (Å²) in [5.41, 5.74) is -0.430. The van der Waals surface area contributed by atoms with E-state index in [1.54, 1.807) is 6.08 Å². The van der Waals surface area contributed by atoms with Gasteiger partial charge in [0.2, 0.25) is 0 Å². The second-order valence-corrected chi connectivity index (χ2v) is 6.99. The molecule has 2 aliphatic rings. The van der Waals surface area contributed by atoms with Crippen LogP contribution < -0.4 is 5.32 Å². The van der Waals surface area contributed by atoms with Crippen LogP contribution in [0, 0.1) is 11.8 Å². The highest BCUT2D eigenvalue weighted by atomic mass is 19.1. The summed E-state index contributed by atoms with van der Waals surface area (Å²) in [6, 6.07) is -0.332. The SMILES string of the molecule is CC1=CC2(OC(F)C(=O)OC(C(C)C)C(C)C)CN(C1)C(=O)N2.CO. The number of aliphatic hydroxyl groups is 1.